The lowest BCUT2D eigenvalue weighted by molar-refractivity contribution is 1.16. The second-order valence-electron chi connectivity index (χ2n) is 15.6. The van der Waals surface area contributed by atoms with Gasteiger partial charge >= 0.3 is 0 Å². The van der Waals surface area contributed by atoms with E-state index in [0.29, 0.717) is 5.56 Å². The van der Waals surface area contributed by atoms with Crippen molar-refractivity contribution in [3.05, 3.63) is 206 Å². The molecule has 0 aliphatic carbocycles. The lowest BCUT2D eigenvalue weighted by Crippen LogP contribution is -1.97. The van der Waals surface area contributed by atoms with Crippen LogP contribution in [0.3, 0.4) is 0 Å². The van der Waals surface area contributed by atoms with Crippen LogP contribution in [0.25, 0.3) is 110 Å². The standard InChI is InChI=1S/C55H33N5/c56-34-35-32-50-52(43-24-12-14-26-46(43)58(50)37-18-6-2-7-19-37)55-51(35)42-23-11-15-27-47(42)60(55)39-28-30-48-44(33-39)53-49(57(48)36-16-4-1-5-17-36)31-29-41-40-22-10-13-25-45(40)59(54(41)53)38-20-8-3-9-21-38/h1-33H. The number of benzene rings is 9. The van der Waals surface area contributed by atoms with Crippen molar-refractivity contribution < 1.29 is 0 Å². The predicted molar refractivity (Wildman–Crippen MR) is 249 cm³/mol. The van der Waals surface area contributed by atoms with Crippen molar-refractivity contribution in [2.24, 2.45) is 0 Å². The number of hydrogen-bond donors (Lipinski definition) is 0. The maximum absolute atomic E-state index is 10.9. The molecule has 0 atom stereocenters. The highest BCUT2D eigenvalue weighted by Gasteiger charge is 2.25. The Balaban J connectivity index is 1.23. The van der Waals surface area contributed by atoms with Gasteiger partial charge in [-0.25, -0.2) is 0 Å². The minimum atomic E-state index is 0.656. The molecule has 0 saturated carbocycles. The lowest BCUT2D eigenvalue weighted by Gasteiger charge is -2.12. The van der Waals surface area contributed by atoms with Gasteiger partial charge in [0, 0.05) is 65.8 Å². The van der Waals surface area contributed by atoms with Crippen LogP contribution in [0.1, 0.15) is 5.56 Å². The summed E-state index contributed by atoms with van der Waals surface area (Å²) in [6.45, 7) is 0. The molecule has 5 nitrogen and oxygen atoms in total. The first-order valence-electron chi connectivity index (χ1n) is 20.3. The van der Waals surface area contributed by atoms with Crippen molar-refractivity contribution in [3.8, 4) is 28.8 Å². The molecule has 9 aromatic carbocycles. The number of nitriles is 1. The highest BCUT2D eigenvalue weighted by atomic mass is 15.0. The molecule has 0 fully saturated rings. The van der Waals surface area contributed by atoms with Crippen LogP contribution in [0, 0.1) is 11.3 Å². The third kappa shape index (κ3) is 4.34. The summed E-state index contributed by atoms with van der Waals surface area (Å²) in [5.74, 6) is 0. The van der Waals surface area contributed by atoms with Crippen LogP contribution in [-0.4, -0.2) is 18.3 Å². The molecule has 60 heavy (non-hydrogen) atoms. The number of aromatic nitrogens is 4. The van der Waals surface area contributed by atoms with Crippen LogP contribution in [0.2, 0.25) is 0 Å². The van der Waals surface area contributed by atoms with Crippen LogP contribution in [0.15, 0.2) is 200 Å². The van der Waals surface area contributed by atoms with Gasteiger partial charge in [-0.3, -0.25) is 0 Å². The first-order valence-corrected chi connectivity index (χ1v) is 20.3. The summed E-state index contributed by atoms with van der Waals surface area (Å²) >= 11 is 0. The molecule has 13 aromatic rings. The van der Waals surface area contributed by atoms with Gasteiger partial charge in [-0.15, -0.1) is 0 Å². The van der Waals surface area contributed by atoms with E-state index in [0.717, 1.165) is 82.8 Å². The fourth-order valence-corrected chi connectivity index (χ4v) is 10.2. The fourth-order valence-electron chi connectivity index (χ4n) is 10.2. The average Bonchev–Trinajstić information content (AvgIpc) is 4.04. The van der Waals surface area contributed by atoms with E-state index in [-0.39, 0.29) is 0 Å². The molecule has 0 aliphatic rings. The summed E-state index contributed by atoms with van der Waals surface area (Å²) < 4.78 is 9.57. The van der Waals surface area contributed by atoms with Gasteiger partial charge in [0.2, 0.25) is 0 Å². The second-order valence-corrected chi connectivity index (χ2v) is 15.6. The van der Waals surface area contributed by atoms with Crippen molar-refractivity contribution in [1.29, 1.82) is 5.26 Å². The third-order valence-electron chi connectivity index (χ3n) is 12.5. The Morgan fingerprint density at radius 3 is 1.37 bits per heavy atom. The maximum Gasteiger partial charge on any atom is 0.0999 e. The zero-order valence-corrected chi connectivity index (χ0v) is 32.3. The van der Waals surface area contributed by atoms with E-state index in [9.17, 15) is 5.26 Å². The largest absolute Gasteiger partial charge is 0.309 e. The Morgan fingerprint density at radius 2 is 0.733 bits per heavy atom. The van der Waals surface area contributed by atoms with Crippen molar-refractivity contribution in [2.75, 3.05) is 0 Å². The molecule has 0 N–H and O–H groups in total. The van der Waals surface area contributed by atoms with Crippen molar-refractivity contribution in [2.45, 2.75) is 0 Å². The minimum absolute atomic E-state index is 0.656. The summed E-state index contributed by atoms with van der Waals surface area (Å²) in [4.78, 5) is 0. The monoisotopic (exact) mass is 763 g/mol. The van der Waals surface area contributed by atoms with E-state index in [2.05, 4.69) is 218 Å². The van der Waals surface area contributed by atoms with Crippen molar-refractivity contribution in [1.82, 2.24) is 18.3 Å². The molecule has 0 saturated heterocycles. The number of hydrogen-bond acceptors (Lipinski definition) is 1. The van der Waals surface area contributed by atoms with E-state index in [1.54, 1.807) is 0 Å². The van der Waals surface area contributed by atoms with Gasteiger partial charge in [0.05, 0.1) is 55.8 Å². The van der Waals surface area contributed by atoms with Gasteiger partial charge < -0.3 is 18.3 Å². The van der Waals surface area contributed by atoms with Gasteiger partial charge in [0.1, 0.15) is 0 Å². The topological polar surface area (TPSA) is 43.5 Å². The summed E-state index contributed by atoms with van der Waals surface area (Å²) in [5, 5.41) is 20.0. The Morgan fingerprint density at radius 1 is 0.283 bits per heavy atom. The van der Waals surface area contributed by atoms with Gasteiger partial charge in [-0.1, -0.05) is 115 Å². The van der Waals surface area contributed by atoms with E-state index >= 15 is 0 Å². The smallest absolute Gasteiger partial charge is 0.0999 e. The molecule has 0 radical (unpaired) electrons. The van der Waals surface area contributed by atoms with Crippen molar-refractivity contribution >= 4 is 87.2 Å². The fraction of sp³-hybridized carbons (Fsp3) is 0. The van der Waals surface area contributed by atoms with Crippen LogP contribution in [0.4, 0.5) is 0 Å². The molecule has 0 aliphatic heterocycles. The highest BCUT2D eigenvalue weighted by molar-refractivity contribution is 6.29. The number of para-hydroxylation sites is 6. The van der Waals surface area contributed by atoms with Gasteiger partial charge in [-0.05, 0) is 84.9 Å². The summed E-state index contributed by atoms with van der Waals surface area (Å²) in [5.41, 5.74) is 13.8. The van der Waals surface area contributed by atoms with E-state index < -0.39 is 0 Å². The van der Waals surface area contributed by atoms with Gasteiger partial charge in [0.15, 0.2) is 0 Å². The van der Waals surface area contributed by atoms with Gasteiger partial charge in [-0.2, -0.15) is 5.26 Å². The van der Waals surface area contributed by atoms with E-state index in [1.807, 2.05) is 6.07 Å². The lowest BCUT2D eigenvalue weighted by atomic mass is 10.0. The van der Waals surface area contributed by atoms with E-state index in [4.69, 9.17) is 0 Å². The van der Waals surface area contributed by atoms with Gasteiger partial charge in [0.25, 0.3) is 0 Å². The molecule has 4 aromatic heterocycles. The van der Waals surface area contributed by atoms with Crippen LogP contribution < -0.4 is 0 Å². The van der Waals surface area contributed by atoms with E-state index in [1.165, 1.54) is 27.2 Å². The number of fused-ring (bicyclic) bond motifs is 14. The molecule has 278 valence electrons. The first-order chi connectivity index (χ1) is 29.8. The summed E-state index contributed by atoms with van der Waals surface area (Å²) in [7, 11) is 0. The zero-order valence-electron chi connectivity index (χ0n) is 32.3. The Hall–Kier alpha value is -8.33. The number of nitrogens with zero attached hydrogens (tertiary/aromatic N) is 5. The van der Waals surface area contributed by atoms with Crippen LogP contribution in [0.5, 0.6) is 0 Å². The molecule has 0 amide bonds. The average molecular weight is 764 g/mol. The summed E-state index contributed by atoms with van der Waals surface area (Å²) in [6.07, 6.45) is 0. The third-order valence-corrected chi connectivity index (χ3v) is 12.5. The van der Waals surface area contributed by atoms with Crippen LogP contribution in [-0.2, 0) is 0 Å². The number of rotatable bonds is 4. The molecular formula is C55H33N5. The predicted octanol–water partition coefficient (Wildman–Crippen LogP) is 13.9. The Labute approximate surface area is 344 Å². The second kappa shape index (κ2) is 12.3. The molecule has 0 bridgehead atoms. The molecule has 0 unspecified atom stereocenters. The molecular weight excluding hydrogens is 731 g/mol. The minimum Gasteiger partial charge on any atom is -0.309 e. The quantitative estimate of drug-likeness (QED) is 0.176. The SMILES string of the molecule is N#Cc1cc2c(c3ccccc3n2-c2ccccc2)c2c1c1ccccc1n2-c1ccc2c(c1)c1c(ccc3c4ccccc4n(-c4ccccc4)c31)n2-c1ccccc1. The highest BCUT2D eigenvalue weighted by Crippen LogP contribution is 2.46. The zero-order chi connectivity index (χ0) is 39.5. The normalized spacial score (nSPS) is 12.0. The Kier molecular flexibility index (Phi) is 6.73. The molecule has 13 rings (SSSR count). The molecule has 5 heteroatoms. The van der Waals surface area contributed by atoms with Crippen molar-refractivity contribution in [3.63, 3.8) is 0 Å². The molecule has 0 spiro atoms. The summed E-state index contributed by atoms with van der Waals surface area (Å²) in [6, 6.07) is 74.1. The molecule has 4 heterocycles. The maximum atomic E-state index is 10.9. The Bertz CT molecular complexity index is 3930. The first kappa shape index (κ1) is 32.7. The van der Waals surface area contributed by atoms with Crippen LogP contribution >= 0.6 is 0 Å².